The summed E-state index contributed by atoms with van der Waals surface area (Å²) in [5.41, 5.74) is 5.61. The number of para-hydroxylation sites is 1. The molecule has 21 heavy (non-hydrogen) atoms. The quantitative estimate of drug-likeness (QED) is 0.516. The molecule has 0 aliphatic rings. The molecule has 0 unspecified atom stereocenters. The molecule has 0 amide bonds. The summed E-state index contributed by atoms with van der Waals surface area (Å²) < 4.78 is 5.13. The molecule has 0 saturated carbocycles. The Hall–Kier alpha value is -2.40. The van der Waals surface area contributed by atoms with Gasteiger partial charge in [0.25, 0.3) is 0 Å². The first kappa shape index (κ1) is 15.0. The molecule has 0 saturated heterocycles. The van der Waals surface area contributed by atoms with E-state index in [0.717, 1.165) is 22.7 Å². The first-order valence-electron chi connectivity index (χ1n) is 6.50. The normalized spacial score (nSPS) is 10.9. The molecule has 2 aromatic rings. The van der Waals surface area contributed by atoms with Gasteiger partial charge in [-0.15, -0.1) is 0 Å². The maximum atomic E-state index is 5.19. The van der Waals surface area contributed by atoms with Gasteiger partial charge in [0.2, 0.25) is 0 Å². The average molecular weight is 299 g/mol. The molecule has 0 aromatic heterocycles. The van der Waals surface area contributed by atoms with Crippen molar-refractivity contribution in [3.63, 3.8) is 0 Å². The highest BCUT2D eigenvalue weighted by atomic mass is 32.1. The van der Waals surface area contributed by atoms with Crippen LogP contribution in [0, 0.1) is 0 Å². The zero-order valence-corrected chi connectivity index (χ0v) is 12.8. The summed E-state index contributed by atoms with van der Waals surface area (Å²) in [5.74, 6) is 0.820. The Morgan fingerprint density at radius 2 is 1.71 bits per heavy atom. The third-order valence-corrected chi connectivity index (χ3v) is 3.06. The van der Waals surface area contributed by atoms with Crippen molar-refractivity contribution >= 4 is 28.7 Å². The van der Waals surface area contributed by atoms with Crippen LogP contribution in [0.1, 0.15) is 12.5 Å². The van der Waals surface area contributed by atoms with Crippen LogP contribution in [-0.2, 0) is 0 Å². The van der Waals surface area contributed by atoms with Gasteiger partial charge in [-0.05, 0) is 61.1 Å². The molecular formula is C16H17N3OS. The maximum Gasteiger partial charge on any atom is 0.191 e. The van der Waals surface area contributed by atoms with Crippen molar-refractivity contribution in [2.24, 2.45) is 5.10 Å². The fourth-order valence-electron chi connectivity index (χ4n) is 1.71. The van der Waals surface area contributed by atoms with E-state index in [1.807, 2.05) is 61.5 Å². The Bertz CT molecular complexity index is 624. The Balaban J connectivity index is 1.94. The summed E-state index contributed by atoms with van der Waals surface area (Å²) in [4.78, 5) is 0. The fraction of sp³-hybridized carbons (Fsp3) is 0.125. The van der Waals surface area contributed by atoms with Crippen molar-refractivity contribution in [3.8, 4) is 5.75 Å². The maximum absolute atomic E-state index is 5.19. The van der Waals surface area contributed by atoms with E-state index >= 15 is 0 Å². The zero-order valence-electron chi connectivity index (χ0n) is 12.0. The molecule has 108 valence electrons. The van der Waals surface area contributed by atoms with E-state index in [2.05, 4.69) is 15.8 Å². The van der Waals surface area contributed by atoms with Gasteiger partial charge < -0.3 is 10.1 Å². The van der Waals surface area contributed by atoms with Crippen LogP contribution in [0.25, 0.3) is 0 Å². The predicted octanol–water partition coefficient (Wildman–Crippen LogP) is 3.41. The standard InChI is InChI=1S/C16H17N3OS/c1-12(13-8-10-15(20-2)11-9-13)18-19-16(21)17-14-6-4-3-5-7-14/h3-11H,1-2H3,(H2,17,19,21)/b18-12-. The average Bonchev–Trinajstić information content (AvgIpc) is 2.53. The lowest BCUT2D eigenvalue weighted by Crippen LogP contribution is -2.24. The van der Waals surface area contributed by atoms with E-state index in [-0.39, 0.29) is 0 Å². The molecule has 0 atom stereocenters. The van der Waals surface area contributed by atoms with Crippen molar-refractivity contribution in [1.29, 1.82) is 0 Å². The summed E-state index contributed by atoms with van der Waals surface area (Å²) >= 11 is 5.19. The summed E-state index contributed by atoms with van der Waals surface area (Å²) in [5, 5.41) is 7.78. The first-order chi connectivity index (χ1) is 10.2. The van der Waals surface area contributed by atoms with Crippen LogP contribution in [-0.4, -0.2) is 17.9 Å². The number of ether oxygens (including phenoxy) is 1. The number of anilines is 1. The molecule has 2 aromatic carbocycles. The Morgan fingerprint density at radius 1 is 1.05 bits per heavy atom. The molecule has 2 N–H and O–H groups in total. The number of hydrogen-bond donors (Lipinski definition) is 2. The van der Waals surface area contributed by atoms with E-state index in [4.69, 9.17) is 17.0 Å². The minimum absolute atomic E-state index is 0.453. The molecule has 2 rings (SSSR count). The zero-order chi connectivity index (χ0) is 15.1. The van der Waals surface area contributed by atoms with Crippen molar-refractivity contribution in [3.05, 3.63) is 60.2 Å². The Labute approximate surface area is 129 Å². The number of nitrogens with zero attached hydrogens (tertiary/aromatic N) is 1. The van der Waals surface area contributed by atoms with Crippen molar-refractivity contribution in [1.82, 2.24) is 5.43 Å². The lowest BCUT2D eigenvalue weighted by molar-refractivity contribution is 0.415. The molecule has 0 spiro atoms. The van der Waals surface area contributed by atoms with Crippen LogP contribution in [0.4, 0.5) is 5.69 Å². The third kappa shape index (κ3) is 4.57. The van der Waals surface area contributed by atoms with E-state index in [0.29, 0.717) is 5.11 Å². The van der Waals surface area contributed by atoms with E-state index in [1.54, 1.807) is 7.11 Å². The van der Waals surface area contributed by atoms with Gasteiger partial charge in [-0.3, -0.25) is 5.43 Å². The summed E-state index contributed by atoms with van der Waals surface area (Å²) in [7, 11) is 1.64. The Kier molecular flexibility index (Phi) is 5.29. The second kappa shape index (κ2) is 7.40. The number of methoxy groups -OCH3 is 1. The van der Waals surface area contributed by atoms with E-state index < -0.39 is 0 Å². The van der Waals surface area contributed by atoms with Crippen molar-refractivity contribution in [2.75, 3.05) is 12.4 Å². The first-order valence-corrected chi connectivity index (χ1v) is 6.90. The van der Waals surface area contributed by atoms with Gasteiger partial charge in [0.15, 0.2) is 5.11 Å². The largest absolute Gasteiger partial charge is 0.497 e. The topological polar surface area (TPSA) is 45.6 Å². The SMILES string of the molecule is COc1ccc(/C(C)=N\NC(=S)Nc2ccccc2)cc1. The van der Waals surface area contributed by atoms with E-state index in [1.165, 1.54) is 0 Å². The van der Waals surface area contributed by atoms with Crippen LogP contribution >= 0.6 is 12.2 Å². The highest BCUT2D eigenvalue weighted by molar-refractivity contribution is 7.80. The van der Waals surface area contributed by atoms with Gasteiger partial charge in [-0.2, -0.15) is 5.10 Å². The predicted molar refractivity (Wildman–Crippen MR) is 91.0 cm³/mol. The number of hydrazone groups is 1. The molecule has 0 bridgehead atoms. The number of rotatable bonds is 4. The van der Waals surface area contributed by atoms with Gasteiger partial charge in [0.05, 0.1) is 12.8 Å². The smallest absolute Gasteiger partial charge is 0.191 e. The lowest BCUT2D eigenvalue weighted by Gasteiger charge is -2.08. The number of thiocarbonyl (C=S) groups is 1. The van der Waals surface area contributed by atoms with Crippen LogP contribution in [0.5, 0.6) is 5.75 Å². The molecule has 0 fully saturated rings. The number of benzene rings is 2. The number of nitrogens with one attached hydrogen (secondary N) is 2. The van der Waals surface area contributed by atoms with Gasteiger partial charge >= 0.3 is 0 Å². The van der Waals surface area contributed by atoms with Gasteiger partial charge in [0.1, 0.15) is 5.75 Å². The second-order valence-electron chi connectivity index (χ2n) is 4.36. The molecular weight excluding hydrogens is 282 g/mol. The van der Waals surface area contributed by atoms with Crippen LogP contribution in [0.3, 0.4) is 0 Å². The number of hydrogen-bond acceptors (Lipinski definition) is 3. The highest BCUT2D eigenvalue weighted by Gasteiger charge is 1.99. The molecule has 0 radical (unpaired) electrons. The van der Waals surface area contributed by atoms with Gasteiger partial charge in [-0.1, -0.05) is 18.2 Å². The highest BCUT2D eigenvalue weighted by Crippen LogP contribution is 2.11. The molecule has 5 heteroatoms. The van der Waals surface area contributed by atoms with Gasteiger partial charge in [-0.25, -0.2) is 0 Å². The third-order valence-electron chi connectivity index (χ3n) is 2.86. The van der Waals surface area contributed by atoms with Crippen LogP contribution < -0.4 is 15.5 Å². The molecule has 0 heterocycles. The van der Waals surface area contributed by atoms with Crippen LogP contribution in [0.2, 0.25) is 0 Å². The van der Waals surface area contributed by atoms with Crippen LogP contribution in [0.15, 0.2) is 59.7 Å². The Morgan fingerprint density at radius 3 is 2.33 bits per heavy atom. The fourth-order valence-corrected chi connectivity index (χ4v) is 1.88. The monoisotopic (exact) mass is 299 g/mol. The summed E-state index contributed by atoms with van der Waals surface area (Å²) in [6, 6.07) is 17.4. The minimum atomic E-state index is 0.453. The molecule has 0 aliphatic carbocycles. The second-order valence-corrected chi connectivity index (χ2v) is 4.77. The molecule has 4 nitrogen and oxygen atoms in total. The van der Waals surface area contributed by atoms with Crippen molar-refractivity contribution in [2.45, 2.75) is 6.92 Å². The van der Waals surface area contributed by atoms with Crippen molar-refractivity contribution < 1.29 is 4.74 Å². The lowest BCUT2D eigenvalue weighted by atomic mass is 10.1. The summed E-state index contributed by atoms with van der Waals surface area (Å²) in [6.07, 6.45) is 0. The molecule has 0 aliphatic heterocycles. The minimum Gasteiger partial charge on any atom is -0.497 e. The van der Waals surface area contributed by atoms with E-state index in [9.17, 15) is 0 Å². The summed E-state index contributed by atoms with van der Waals surface area (Å²) in [6.45, 7) is 1.92. The van der Waals surface area contributed by atoms with Gasteiger partial charge in [0, 0.05) is 5.69 Å².